The first kappa shape index (κ1) is 19.4. The van der Waals surface area contributed by atoms with Gasteiger partial charge in [0, 0.05) is 26.7 Å². The van der Waals surface area contributed by atoms with Crippen molar-refractivity contribution >= 4 is 5.97 Å². The SMILES string of the molecule is COCC1C(C(=O)O)=C(C)C=C(N2CCOCC2)N1Cc1cccc(F)c1. The van der Waals surface area contributed by atoms with Gasteiger partial charge in [0.25, 0.3) is 0 Å². The molecule has 0 aliphatic carbocycles. The maximum atomic E-state index is 13.7. The number of carboxylic acids is 1. The number of benzene rings is 1. The standard InChI is InChI=1S/C20H25FN2O4/c1-14-10-18(22-6-8-27-9-7-22)23(12-15-4-3-5-16(21)11-15)17(13-26-2)19(14)20(24)25/h3-5,10-11,17H,6-9,12-13H2,1-2H3,(H,24,25). The predicted molar refractivity (Wildman–Crippen MR) is 98.4 cm³/mol. The normalized spacial score (nSPS) is 20.7. The first-order valence-corrected chi connectivity index (χ1v) is 8.99. The number of aliphatic carboxylic acids is 1. The lowest BCUT2D eigenvalue weighted by Gasteiger charge is -2.44. The maximum absolute atomic E-state index is 13.7. The fraction of sp³-hybridized carbons (Fsp3) is 0.450. The molecule has 0 aromatic heterocycles. The molecule has 1 N–H and O–H groups in total. The molecular weight excluding hydrogens is 351 g/mol. The number of nitrogens with zero attached hydrogens (tertiary/aromatic N) is 2. The molecule has 2 aliphatic rings. The number of halogens is 1. The van der Waals surface area contributed by atoms with Crippen molar-refractivity contribution in [2.45, 2.75) is 19.5 Å². The fourth-order valence-corrected chi connectivity index (χ4v) is 3.66. The Morgan fingerprint density at radius 1 is 1.37 bits per heavy atom. The molecule has 1 aromatic rings. The van der Waals surface area contributed by atoms with Crippen LogP contribution >= 0.6 is 0 Å². The van der Waals surface area contributed by atoms with Gasteiger partial charge in [-0.2, -0.15) is 0 Å². The van der Waals surface area contributed by atoms with Crippen LogP contribution in [-0.4, -0.2) is 66.9 Å². The van der Waals surface area contributed by atoms with Crippen LogP contribution in [0.4, 0.5) is 4.39 Å². The van der Waals surface area contributed by atoms with Crippen LogP contribution in [0.25, 0.3) is 0 Å². The Morgan fingerprint density at radius 3 is 2.74 bits per heavy atom. The van der Waals surface area contributed by atoms with Crippen LogP contribution in [0.2, 0.25) is 0 Å². The molecule has 0 saturated carbocycles. The van der Waals surface area contributed by atoms with Crippen LogP contribution in [0.15, 0.2) is 47.3 Å². The smallest absolute Gasteiger partial charge is 0.334 e. The summed E-state index contributed by atoms with van der Waals surface area (Å²) in [6, 6.07) is 5.93. The number of hydrogen-bond donors (Lipinski definition) is 1. The predicted octanol–water partition coefficient (Wildman–Crippen LogP) is 2.23. The second-order valence-corrected chi connectivity index (χ2v) is 6.73. The highest BCUT2D eigenvalue weighted by Gasteiger charge is 2.35. The second-order valence-electron chi connectivity index (χ2n) is 6.73. The van der Waals surface area contributed by atoms with Crippen LogP contribution in [0, 0.1) is 5.82 Å². The molecule has 7 heteroatoms. The first-order valence-electron chi connectivity index (χ1n) is 8.99. The number of carbonyl (C=O) groups is 1. The third-order valence-corrected chi connectivity index (χ3v) is 4.91. The highest BCUT2D eigenvalue weighted by atomic mass is 19.1. The van der Waals surface area contributed by atoms with E-state index in [4.69, 9.17) is 9.47 Å². The zero-order valence-corrected chi connectivity index (χ0v) is 15.7. The Kier molecular flexibility index (Phi) is 6.13. The number of rotatable bonds is 6. The van der Waals surface area contributed by atoms with E-state index in [1.165, 1.54) is 12.1 Å². The van der Waals surface area contributed by atoms with Gasteiger partial charge in [-0.25, -0.2) is 9.18 Å². The van der Waals surface area contributed by atoms with Crippen molar-refractivity contribution in [1.82, 2.24) is 9.80 Å². The quantitative estimate of drug-likeness (QED) is 0.822. The molecular formula is C20H25FN2O4. The van der Waals surface area contributed by atoms with E-state index in [-0.39, 0.29) is 12.4 Å². The Bertz CT molecular complexity index is 756. The largest absolute Gasteiger partial charge is 0.478 e. The summed E-state index contributed by atoms with van der Waals surface area (Å²) in [4.78, 5) is 16.1. The van der Waals surface area contributed by atoms with E-state index in [1.54, 1.807) is 13.2 Å². The number of methoxy groups -OCH3 is 1. The molecule has 2 heterocycles. The summed E-state index contributed by atoms with van der Waals surface area (Å²) in [7, 11) is 1.56. The molecule has 0 amide bonds. The molecule has 1 atom stereocenters. The van der Waals surface area contributed by atoms with Gasteiger partial charge in [0.1, 0.15) is 11.6 Å². The van der Waals surface area contributed by atoms with E-state index in [9.17, 15) is 14.3 Å². The van der Waals surface area contributed by atoms with Gasteiger partial charge >= 0.3 is 5.97 Å². The van der Waals surface area contributed by atoms with Crippen molar-refractivity contribution in [2.75, 3.05) is 40.0 Å². The summed E-state index contributed by atoms with van der Waals surface area (Å²) in [5, 5.41) is 9.77. The third kappa shape index (κ3) is 4.31. The van der Waals surface area contributed by atoms with Gasteiger partial charge in [0.15, 0.2) is 0 Å². The van der Waals surface area contributed by atoms with E-state index < -0.39 is 12.0 Å². The molecule has 0 spiro atoms. The molecule has 1 saturated heterocycles. The van der Waals surface area contributed by atoms with Gasteiger partial charge in [-0.3, -0.25) is 0 Å². The third-order valence-electron chi connectivity index (χ3n) is 4.91. The lowest BCUT2D eigenvalue weighted by atomic mass is 9.95. The molecule has 1 aromatic carbocycles. The summed E-state index contributed by atoms with van der Waals surface area (Å²) in [5.41, 5.74) is 1.80. The minimum atomic E-state index is -0.962. The maximum Gasteiger partial charge on any atom is 0.334 e. The molecule has 0 radical (unpaired) electrons. The topological polar surface area (TPSA) is 62.2 Å². The number of carboxylic acid groups (broad SMARTS) is 1. The molecule has 146 valence electrons. The number of morpholine rings is 1. The van der Waals surface area contributed by atoms with Crippen molar-refractivity contribution in [3.05, 3.63) is 58.7 Å². The molecule has 1 fully saturated rings. The van der Waals surface area contributed by atoms with Crippen molar-refractivity contribution in [3.8, 4) is 0 Å². The van der Waals surface area contributed by atoms with Gasteiger partial charge in [-0.15, -0.1) is 0 Å². The van der Waals surface area contributed by atoms with Crippen LogP contribution in [-0.2, 0) is 20.8 Å². The summed E-state index contributed by atoms with van der Waals surface area (Å²) in [6.07, 6.45) is 1.90. The van der Waals surface area contributed by atoms with Gasteiger partial charge in [-0.1, -0.05) is 12.1 Å². The monoisotopic (exact) mass is 376 g/mol. The Hall–Kier alpha value is -2.38. The van der Waals surface area contributed by atoms with E-state index >= 15 is 0 Å². The number of hydrogen-bond acceptors (Lipinski definition) is 5. The molecule has 0 bridgehead atoms. The molecule has 6 nitrogen and oxygen atoms in total. The molecule has 3 rings (SSSR count). The van der Waals surface area contributed by atoms with Gasteiger partial charge in [0.05, 0.1) is 31.4 Å². The zero-order valence-electron chi connectivity index (χ0n) is 15.7. The highest BCUT2D eigenvalue weighted by molar-refractivity contribution is 5.90. The molecule has 1 unspecified atom stereocenters. The average molecular weight is 376 g/mol. The summed E-state index contributed by atoms with van der Waals surface area (Å²) in [5.74, 6) is -0.349. The van der Waals surface area contributed by atoms with Gasteiger partial charge < -0.3 is 24.4 Å². The van der Waals surface area contributed by atoms with Crippen molar-refractivity contribution < 1.29 is 23.8 Å². The van der Waals surface area contributed by atoms with E-state index in [1.807, 2.05) is 24.0 Å². The first-order chi connectivity index (χ1) is 13.0. The Labute approximate surface area is 158 Å². The highest BCUT2D eigenvalue weighted by Crippen LogP contribution is 2.31. The average Bonchev–Trinajstić information content (AvgIpc) is 2.64. The van der Waals surface area contributed by atoms with Crippen molar-refractivity contribution in [3.63, 3.8) is 0 Å². The summed E-state index contributed by atoms with van der Waals surface area (Å²) in [6.45, 7) is 5.12. The van der Waals surface area contributed by atoms with E-state index in [0.717, 1.165) is 24.5 Å². The zero-order chi connectivity index (χ0) is 19.4. The fourth-order valence-electron chi connectivity index (χ4n) is 3.66. The summed E-state index contributed by atoms with van der Waals surface area (Å²) >= 11 is 0. The van der Waals surface area contributed by atoms with Crippen LogP contribution in [0.3, 0.4) is 0 Å². The second kappa shape index (κ2) is 8.54. The molecule has 2 aliphatic heterocycles. The lowest BCUT2D eigenvalue weighted by Crippen LogP contribution is -2.50. The van der Waals surface area contributed by atoms with Crippen LogP contribution < -0.4 is 0 Å². The lowest BCUT2D eigenvalue weighted by molar-refractivity contribution is -0.133. The number of ether oxygens (including phenoxy) is 2. The van der Waals surface area contributed by atoms with Crippen LogP contribution in [0.1, 0.15) is 12.5 Å². The minimum Gasteiger partial charge on any atom is -0.478 e. The number of allylic oxidation sites excluding steroid dienone is 2. The van der Waals surface area contributed by atoms with Gasteiger partial charge in [-0.05, 0) is 36.3 Å². The Morgan fingerprint density at radius 2 is 2.11 bits per heavy atom. The minimum absolute atomic E-state index is 0.232. The van der Waals surface area contributed by atoms with Crippen molar-refractivity contribution in [1.29, 1.82) is 0 Å². The summed E-state index contributed by atoms with van der Waals surface area (Å²) < 4.78 is 24.5. The van der Waals surface area contributed by atoms with Crippen LogP contribution in [0.5, 0.6) is 0 Å². The molecule has 27 heavy (non-hydrogen) atoms. The van der Waals surface area contributed by atoms with Crippen molar-refractivity contribution in [2.24, 2.45) is 0 Å². The van der Waals surface area contributed by atoms with E-state index in [2.05, 4.69) is 4.90 Å². The van der Waals surface area contributed by atoms with Gasteiger partial charge in [0.2, 0.25) is 0 Å². The Balaban J connectivity index is 2.02. The van der Waals surface area contributed by atoms with E-state index in [0.29, 0.717) is 30.9 Å².